The molecule has 4 rings (SSSR count). The Balaban J connectivity index is 1.62. The minimum atomic E-state index is -2.11. The molecule has 2 aromatic carbocycles. The van der Waals surface area contributed by atoms with Crippen molar-refractivity contribution in [2.24, 2.45) is 5.92 Å². The Morgan fingerprint density at radius 2 is 1.69 bits per heavy atom. The van der Waals surface area contributed by atoms with Crippen LogP contribution < -0.4 is 0 Å². The third-order valence-corrected chi connectivity index (χ3v) is 6.27. The molecule has 1 aliphatic heterocycles. The number of phenols is 1. The molecule has 1 saturated heterocycles. The van der Waals surface area contributed by atoms with Gasteiger partial charge in [-0.25, -0.2) is 0 Å². The molecule has 1 N–H and O–H groups in total. The lowest BCUT2D eigenvalue weighted by molar-refractivity contribution is 0.0697. The summed E-state index contributed by atoms with van der Waals surface area (Å²) in [6.45, 7) is 0.794. The predicted octanol–water partition coefficient (Wildman–Crippen LogP) is 1.90. The van der Waals surface area contributed by atoms with Crippen LogP contribution >= 0.6 is 0 Å². The van der Waals surface area contributed by atoms with E-state index in [0.29, 0.717) is 25.9 Å². The Bertz CT molecular complexity index is 1060. The van der Waals surface area contributed by atoms with Gasteiger partial charge in [-0.15, -0.1) is 0 Å². The second-order valence-corrected chi connectivity index (χ2v) is 8.27. The zero-order chi connectivity index (χ0) is 20.7. The fraction of sp³-hybridized carbons (Fsp3) is 0.286. The lowest BCUT2D eigenvalue weighted by Gasteiger charge is -2.32. The number of fused-ring (bicyclic) bond motifs is 2. The van der Waals surface area contributed by atoms with Crippen molar-refractivity contribution in [2.45, 2.75) is 12.8 Å². The Kier molecular flexibility index (Phi) is 5.06. The first kappa shape index (κ1) is 19.5. The summed E-state index contributed by atoms with van der Waals surface area (Å²) in [7, 11) is 0. The van der Waals surface area contributed by atoms with Crippen LogP contribution in [0.1, 0.15) is 55.0 Å². The van der Waals surface area contributed by atoms with Crippen LogP contribution in [0.15, 0.2) is 36.4 Å². The smallest absolute Gasteiger partial charge is 0.254 e. The van der Waals surface area contributed by atoms with Gasteiger partial charge in [0.1, 0.15) is 5.75 Å². The molecule has 1 fully saturated rings. The number of ketones is 2. The van der Waals surface area contributed by atoms with Crippen LogP contribution in [0.2, 0.25) is 0 Å². The van der Waals surface area contributed by atoms with Crippen molar-refractivity contribution in [2.75, 3.05) is 18.8 Å². The van der Waals surface area contributed by atoms with Crippen molar-refractivity contribution in [1.29, 1.82) is 0 Å². The Labute approximate surface area is 169 Å². The van der Waals surface area contributed by atoms with Crippen LogP contribution in [0.5, 0.6) is 5.75 Å². The van der Waals surface area contributed by atoms with Crippen LogP contribution in [-0.4, -0.2) is 55.1 Å². The zero-order valence-electron chi connectivity index (χ0n) is 15.4. The summed E-state index contributed by atoms with van der Waals surface area (Å²) in [5.41, 5.74) is 0.556. The maximum Gasteiger partial charge on any atom is 0.254 e. The number of aromatic hydroxyl groups is 1. The number of likely N-dealkylation sites (tertiary alicyclic amines) is 1. The van der Waals surface area contributed by atoms with E-state index in [-0.39, 0.29) is 45.4 Å². The molecule has 0 radical (unpaired) electrons. The first-order valence-electron chi connectivity index (χ1n) is 9.27. The van der Waals surface area contributed by atoms with Crippen molar-refractivity contribution >= 4 is 28.6 Å². The highest BCUT2D eigenvalue weighted by molar-refractivity contribution is 7.79. The van der Waals surface area contributed by atoms with Crippen LogP contribution in [0.25, 0.3) is 0 Å². The van der Waals surface area contributed by atoms with E-state index in [0.717, 1.165) is 0 Å². The average molecular weight is 412 g/mol. The highest BCUT2D eigenvalue weighted by Gasteiger charge is 2.33. The Morgan fingerprint density at radius 1 is 1.07 bits per heavy atom. The molecule has 8 heteroatoms. The Morgan fingerprint density at radius 3 is 2.31 bits per heavy atom. The van der Waals surface area contributed by atoms with Crippen molar-refractivity contribution in [3.05, 3.63) is 64.2 Å². The van der Waals surface area contributed by atoms with Crippen molar-refractivity contribution in [3.63, 3.8) is 0 Å². The van der Waals surface area contributed by atoms with Crippen molar-refractivity contribution in [1.82, 2.24) is 4.90 Å². The number of benzene rings is 2. The molecule has 29 heavy (non-hydrogen) atoms. The fourth-order valence-corrected chi connectivity index (χ4v) is 4.72. The van der Waals surface area contributed by atoms with E-state index >= 15 is 0 Å². The zero-order valence-corrected chi connectivity index (χ0v) is 16.2. The number of amides is 1. The molecular weight excluding hydrogens is 394 g/mol. The van der Waals surface area contributed by atoms with E-state index in [9.17, 15) is 28.3 Å². The molecule has 7 nitrogen and oxygen atoms in total. The largest absolute Gasteiger partial charge is 0.772 e. The molecule has 150 valence electrons. The molecule has 1 unspecified atom stereocenters. The molecule has 1 atom stereocenters. The highest BCUT2D eigenvalue weighted by atomic mass is 32.2. The van der Waals surface area contributed by atoms with Crippen LogP contribution in [0, 0.1) is 5.92 Å². The van der Waals surface area contributed by atoms with Gasteiger partial charge in [-0.1, -0.05) is 35.3 Å². The summed E-state index contributed by atoms with van der Waals surface area (Å²) >= 11 is -2.11. The third kappa shape index (κ3) is 3.49. The SMILES string of the molecule is O=C1c2ccccc2C(=O)c2c(O)cc(C(=O)N3CCC(CS(=O)[O-])CC3)cc21. The van der Waals surface area contributed by atoms with E-state index in [1.165, 1.54) is 18.2 Å². The number of nitrogens with zero attached hydrogens (tertiary/aromatic N) is 1. The van der Waals surface area contributed by atoms with E-state index in [4.69, 9.17) is 0 Å². The van der Waals surface area contributed by atoms with Crippen molar-refractivity contribution < 1.29 is 28.3 Å². The summed E-state index contributed by atoms with van der Waals surface area (Å²) < 4.78 is 21.7. The molecule has 0 saturated carbocycles. The number of piperidine rings is 1. The summed E-state index contributed by atoms with van der Waals surface area (Å²) in [6.07, 6.45) is 1.14. The van der Waals surface area contributed by atoms with Gasteiger partial charge in [0.25, 0.3) is 5.91 Å². The number of phenolic OH excluding ortho intramolecular Hbond substituents is 1. The number of carbonyl (C=O) groups excluding carboxylic acids is 3. The molecule has 0 spiro atoms. The molecule has 0 bridgehead atoms. The fourth-order valence-electron chi connectivity index (χ4n) is 4.00. The van der Waals surface area contributed by atoms with E-state index in [2.05, 4.69) is 0 Å². The molecule has 1 heterocycles. The average Bonchev–Trinajstić information content (AvgIpc) is 2.71. The normalized spacial score (nSPS) is 17.6. The van der Waals surface area contributed by atoms with Crippen molar-refractivity contribution in [3.8, 4) is 5.75 Å². The van der Waals surface area contributed by atoms with Crippen LogP contribution in [-0.2, 0) is 11.1 Å². The van der Waals surface area contributed by atoms with Gasteiger partial charge in [0.2, 0.25) is 0 Å². The summed E-state index contributed by atoms with van der Waals surface area (Å²) in [5.74, 6) is -1.50. The molecule has 1 aliphatic carbocycles. The van der Waals surface area contributed by atoms with Crippen LogP contribution in [0.4, 0.5) is 0 Å². The molecular formula is C21H18NO6S-. The first-order chi connectivity index (χ1) is 13.9. The van der Waals surface area contributed by atoms with Gasteiger partial charge in [-0.2, -0.15) is 0 Å². The number of hydrogen-bond donors (Lipinski definition) is 1. The van der Waals surface area contributed by atoms with Gasteiger partial charge in [0.15, 0.2) is 11.6 Å². The molecule has 2 aliphatic rings. The second kappa shape index (κ2) is 7.53. The van der Waals surface area contributed by atoms with E-state index < -0.39 is 28.4 Å². The van der Waals surface area contributed by atoms with Gasteiger partial charge in [0, 0.05) is 41.1 Å². The van der Waals surface area contributed by atoms with Gasteiger partial charge >= 0.3 is 0 Å². The predicted molar refractivity (Wildman–Crippen MR) is 104 cm³/mol. The van der Waals surface area contributed by atoms with Gasteiger partial charge in [-0.3, -0.25) is 18.6 Å². The van der Waals surface area contributed by atoms with E-state index in [1.807, 2.05) is 0 Å². The van der Waals surface area contributed by atoms with Gasteiger partial charge in [0.05, 0.1) is 5.56 Å². The molecule has 2 aromatic rings. The summed E-state index contributed by atoms with van der Waals surface area (Å²) in [4.78, 5) is 40.1. The number of carbonyl (C=O) groups is 3. The third-order valence-electron chi connectivity index (χ3n) is 5.53. The number of hydrogen-bond acceptors (Lipinski definition) is 6. The minimum Gasteiger partial charge on any atom is -0.772 e. The van der Waals surface area contributed by atoms with Gasteiger partial charge in [-0.05, 0) is 30.9 Å². The summed E-state index contributed by atoms with van der Waals surface area (Å²) in [5, 5.41) is 10.4. The maximum absolute atomic E-state index is 12.9. The maximum atomic E-state index is 12.9. The number of rotatable bonds is 3. The lowest BCUT2D eigenvalue weighted by Crippen LogP contribution is -2.39. The second-order valence-electron chi connectivity index (χ2n) is 7.33. The molecule has 0 aromatic heterocycles. The monoisotopic (exact) mass is 412 g/mol. The van der Waals surface area contributed by atoms with E-state index in [1.54, 1.807) is 23.1 Å². The molecule has 1 amide bonds. The topological polar surface area (TPSA) is 115 Å². The highest BCUT2D eigenvalue weighted by Crippen LogP contribution is 2.34. The van der Waals surface area contributed by atoms with Crippen LogP contribution in [0.3, 0.4) is 0 Å². The standard InChI is InChI=1S/C21H19NO6S/c23-17-10-13(21(26)22-7-5-12(6-8-22)11-29(27)28)9-16-18(17)20(25)15-4-2-1-3-14(15)19(16)24/h1-4,9-10,12,23H,5-8,11H2,(H,27,28)/p-1. The van der Waals surface area contributed by atoms with Gasteiger partial charge < -0.3 is 14.6 Å². The summed E-state index contributed by atoms with van der Waals surface area (Å²) in [6, 6.07) is 8.98. The quantitative estimate of drug-likeness (QED) is 0.657. The minimum absolute atomic E-state index is 0.0185. The first-order valence-corrected chi connectivity index (χ1v) is 10.5. The lowest BCUT2D eigenvalue weighted by atomic mass is 9.82. The Hall–Kier alpha value is -2.84.